The molecule has 3 N–H and O–H groups in total. The first-order chi connectivity index (χ1) is 14.2. The van der Waals surface area contributed by atoms with Crippen LogP contribution in [0.4, 0.5) is 0 Å². The third-order valence-corrected chi connectivity index (χ3v) is 6.48. The number of pyridine rings is 2. The second-order valence-electron chi connectivity index (χ2n) is 7.43. The number of nitrogens with one attached hydrogen (secondary N) is 2. The summed E-state index contributed by atoms with van der Waals surface area (Å²) in [6.07, 6.45) is 0. The largest absolute Gasteiger partial charge is 0.354 e. The van der Waals surface area contributed by atoms with Gasteiger partial charge >= 0.3 is 0 Å². The summed E-state index contributed by atoms with van der Waals surface area (Å²) in [5, 5.41) is 0.599. The van der Waals surface area contributed by atoms with Gasteiger partial charge in [0, 0.05) is 21.7 Å². The number of fused-ring (bicyclic) bond motifs is 4. The Morgan fingerprint density at radius 2 is 1.43 bits per heavy atom. The Hall–Kier alpha value is -3.49. The molecule has 7 nitrogen and oxygen atoms in total. The zero-order valence-corrected chi connectivity index (χ0v) is 16.8. The summed E-state index contributed by atoms with van der Waals surface area (Å²) >= 11 is 0. The minimum absolute atomic E-state index is 0.0715. The molecule has 0 saturated carbocycles. The van der Waals surface area contributed by atoms with Crippen molar-refractivity contribution in [2.75, 3.05) is 0 Å². The van der Waals surface area contributed by atoms with Gasteiger partial charge in [0.1, 0.15) is 4.90 Å². The van der Waals surface area contributed by atoms with E-state index in [4.69, 9.17) is 0 Å². The van der Waals surface area contributed by atoms with Crippen molar-refractivity contribution in [2.24, 2.45) is 0 Å². The summed E-state index contributed by atoms with van der Waals surface area (Å²) in [5.41, 5.74) is 1.60. The molecule has 0 aliphatic rings. The molecule has 0 saturated heterocycles. The van der Waals surface area contributed by atoms with Crippen molar-refractivity contribution in [3.8, 4) is 0 Å². The molecule has 0 amide bonds. The Morgan fingerprint density at radius 1 is 0.767 bits per heavy atom. The molecule has 150 valence electrons. The molecule has 8 heteroatoms. The second kappa shape index (κ2) is 6.01. The zero-order chi connectivity index (χ0) is 21.4. The number of hydrogen-bond acceptors (Lipinski definition) is 4. The molecule has 5 rings (SSSR count). The van der Waals surface area contributed by atoms with Gasteiger partial charge in [0.05, 0.1) is 21.9 Å². The minimum Gasteiger partial charge on any atom is -0.354 e. The maximum absolute atomic E-state index is 13.3. The van der Waals surface area contributed by atoms with Crippen molar-refractivity contribution in [3.63, 3.8) is 0 Å². The van der Waals surface area contributed by atoms with Crippen molar-refractivity contribution in [3.05, 3.63) is 74.0 Å². The first kappa shape index (κ1) is 18.5. The van der Waals surface area contributed by atoms with Crippen molar-refractivity contribution in [1.82, 2.24) is 9.97 Å². The molecular formula is C22H16N2O5S. The average Bonchev–Trinajstić information content (AvgIpc) is 2.69. The van der Waals surface area contributed by atoms with Crippen LogP contribution in [-0.2, 0) is 10.1 Å². The van der Waals surface area contributed by atoms with E-state index in [2.05, 4.69) is 9.97 Å². The molecule has 0 radical (unpaired) electrons. The number of para-hydroxylation sites is 1. The van der Waals surface area contributed by atoms with Crippen LogP contribution in [0.1, 0.15) is 11.1 Å². The van der Waals surface area contributed by atoms with Crippen LogP contribution in [0.2, 0.25) is 0 Å². The van der Waals surface area contributed by atoms with Gasteiger partial charge in [-0.25, -0.2) is 0 Å². The number of hydrogen-bond donors (Lipinski definition) is 3. The van der Waals surface area contributed by atoms with Crippen LogP contribution >= 0.6 is 0 Å². The van der Waals surface area contributed by atoms with E-state index >= 15 is 0 Å². The van der Waals surface area contributed by atoms with Gasteiger partial charge in [-0.1, -0.05) is 24.3 Å². The lowest BCUT2D eigenvalue weighted by Gasteiger charge is -2.13. The maximum atomic E-state index is 13.3. The molecular weight excluding hydrogens is 404 g/mol. The first-order valence-electron chi connectivity index (χ1n) is 9.19. The van der Waals surface area contributed by atoms with Gasteiger partial charge in [-0.2, -0.15) is 8.42 Å². The van der Waals surface area contributed by atoms with Crippen LogP contribution < -0.4 is 10.9 Å². The number of aromatic nitrogens is 2. The molecule has 2 aromatic heterocycles. The molecule has 0 aliphatic carbocycles. The fraction of sp³-hybridized carbons (Fsp3) is 0.0909. The van der Waals surface area contributed by atoms with Gasteiger partial charge in [-0.15, -0.1) is 0 Å². The van der Waals surface area contributed by atoms with Crippen molar-refractivity contribution >= 4 is 53.7 Å². The summed E-state index contributed by atoms with van der Waals surface area (Å²) in [5.74, 6) is 0. The quantitative estimate of drug-likeness (QED) is 0.283. The van der Waals surface area contributed by atoms with E-state index < -0.39 is 20.4 Å². The average molecular weight is 420 g/mol. The van der Waals surface area contributed by atoms with Crippen molar-refractivity contribution < 1.29 is 13.0 Å². The first-order valence-corrected chi connectivity index (χ1v) is 10.6. The number of benzene rings is 3. The molecule has 0 bridgehead atoms. The standard InChI is InChI=1S/C22H16N2O5S/c1-10-7-8-11(2)18-16(10)21(26)13-9-15-17(22(19(13)24-18)30(27,28)29)20(25)12-5-3-4-6-14(12)23-15/h3-9H,1-2H3,(H,23,25)(H,24,26)(H,27,28,29). The Bertz CT molecular complexity index is 1780. The van der Waals surface area contributed by atoms with E-state index in [1.54, 1.807) is 38.1 Å². The topological polar surface area (TPSA) is 120 Å². The van der Waals surface area contributed by atoms with Gasteiger partial charge in [0.15, 0.2) is 10.9 Å². The Labute approximate surface area is 169 Å². The van der Waals surface area contributed by atoms with E-state index in [9.17, 15) is 22.6 Å². The monoisotopic (exact) mass is 420 g/mol. The zero-order valence-electron chi connectivity index (χ0n) is 16.0. The van der Waals surface area contributed by atoms with E-state index in [0.29, 0.717) is 16.4 Å². The molecule has 2 heterocycles. The fourth-order valence-electron chi connectivity index (χ4n) is 4.14. The normalized spacial score (nSPS) is 12.4. The highest BCUT2D eigenvalue weighted by atomic mass is 32.2. The van der Waals surface area contributed by atoms with Crippen LogP contribution in [0, 0.1) is 13.8 Å². The molecule has 0 unspecified atom stereocenters. The SMILES string of the molecule is Cc1ccc(C)c2c(=O)c3cc4[nH]c5ccccc5c(=O)c4c(S(=O)(=O)O)c3[nH]c12. The minimum atomic E-state index is -4.85. The van der Waals surface area contributed by atoms with Crippen LogP contribution in [0.25, 0.3) is 43.6 Å². The highest BCUT2D eigenvalue weighted by molar-refractivity contribution is 7.86. The Balaban J connectivity index is 2.20. The smallest absolute Gasteiger partial charge is 0.297 e. The second-order valence-corrected chi connectivity index (χ2v) is 8.79. The molecule has 0 atom stereocenters. The van der Waals surface area contributed by atoms with Crippen LogP contribution in [-0.4, -0.2) is 22.9 Å². The number of H-pyrrole nitrogens is 2. The van der Waals surface area contributed by atoms with Gasteiger partial charge in [-0.3, -0.25) is 14.1 Å². The van der Waals surface area contributed by atoms with Gasteiger partial charge in [-0.05, 0) is 43.2 Å². The van der Waals surface area contributed by atoms with Gasteiger partial charge in [0.2, 0.25) is 0 Å². The summed E-state index contributed by atoms with van der Waals surface area (Å²) in [6, 6.07) is 11.8. The highest BCUT2D eigenvalue weighted by Gasteiger charge is 2.25. The van der Waals surface area contributed by atoms with E-state index in [-0.39, 0.29) is 32.6 Å². The Kier molecular flexibility index (Phi) is 3.71. The lowest BCUT2D eigenvalue weighted by Crippen LogP contribution is -2.15. The lowest BCUT2D eigenvalue weighted by molar-refractivity contribution is 0.485. The predicted octanol–water partition coefficient (Wildman–Crippen LogP) is 3.54. The molecule has 30 heavy (non-hydrogen) atoms. The number of aromatic amines is 2. The fourth-order valence-corrected chi connectivity index (χ4v) is 5.02. The Morgan fingerprint density at radius 3 is 2.17 bits per heavy atom. The van der Waals surface area contributed by atoms with E-state index in [1.807, 2.05) is 12.1 Å². The molecule has 5 aromatic rings. The van der Waals surface area contributed by atoms with Crippen LogP contribution in [0.3, 0.4) is 0 Å². The molecule has 3 aromatic carbocycles. The van der Waals surface area contributed by atoms with Gasteiger partial charge < -0.3 is 9.97 Å². The van der Waals surface area contributed by atoms with Gasteiger partial charge in [0.25, 0.3) is 10.1 Å². The molecule has 0 aliphatic heterocycles. The predicted molar refractivity (Wildman–Crippen MR) is 117 cm³/mol. The van der Waals surface area contributed by atoms with Crippen molar-refractivity contribution in [2.45, 2.75) is 18.7 Å². The van der Waals surface area contributed by atoms with E-state index in [1.165, 1.54) is 6.07 Å². The molecule has 0 spiro atoms. The lowest BCUT2D eigenvalue weighted by atomic mass is 10.0. The van der Waals surface area contributed by atoms with Crippen LogP contribution in [0.15, 0.2) is 56.9 Å². The number of rotatable bonds is 1. The van der Waals surface area contributed by atoms with E-state index in [0.717, 1.165) is 11.1 Å². The van der Waals surface area contributed by atoms with Crippen molar-refractivity contribution in [1.29, 1.82) is 0 Å². The highest BCUT2D eigenvalue weighted by Crippen LogP contribution is 2.30. The third kappa shape index (κ3) is 2.44. The summed E-state index contributed by atoms with van der Waals surface area (Å²) in [6.45, 7) is 3.58. The van der Waals surface area contributed by atoms with Crippen LogP contribution in [0.5, 0.6) is 0 Å². The number of aryl methyl sites for hydroxylation is 2. The summed E-state index contributed by atoms with van der Waals surface area (Å²) < 4.78 is 34.9. The summed E-state index contributed by atoms with van der Waals surface area (Å²) in [4.78, 5) is 32.0. The maximum Gasteiger partial charge on any atom is 0.297 e. The molecule has 0 fully saturated rings. The summed E-state index contributed by atoms with van der Waals surface area (Å²) in [7, 11) is -4.85. The third-order valence-electron chi connectivity index (χ3n) is 5.55.